The van der Waals surface area contributed by atoms with Crippen molar-refractivity contribution in [1.82, 2.24) is 15.5 Å². The Morgan fingerprint density at radius 2 is 1.79 bits per heavy atom. The van der Waals surface area contributed by atoms with Gasteiger partial charge < -0.3 is 20.6 Å². The summed E-state index contributed by atoms with van der Waals surface area (Å²) in [6.07, 6.45) is -0.652. The number of thiophene rings is 1. The monoisotopic (exact) mass is 485 g/mol. The summed E-state index contributed by atoms with van der Waals surface area (Å²) < 4.78 is 0. The molecule has 0 bridgehead atoms. The Kier molecular flexibility index (Phi) is 7.95. The molecular weight excluding hydrogens is 450 g/mol. The minimum absolute atomic E-state index is 0.0881. The Bertz CT molecular complexity index is 1040. The van der Waals surface area contributed by atoms with E-state index in [4.69, 9.17) is 0 Å². The van der Waals surface area contributed by atoms with Crippen LogP contribution in [0.25, 0.3) is 10.4 Å². The molecule has 0 spiro atoms. The van der Waals surface area contributed by atoms with Crippen molar-refractivity contribution in [2.45, 2.75) is 65.3 Å². The summed E-state index contributed by atoms with van der Waals surface area (Å²) in [5.41, 5.74) is 2.55. The summed E-state index contributed by atoms with van der Waals surface area (Å²) in [6.45, 7) is 9.41. The number of likely N-dealkylation sites (tertiary alicyclic amines) is 1. The SMILES string of the molecule is CN[C@H](C(=O)N1C[C@H](O)C[C@H]1C(=O)N[C@@H](C(C)=O)c1ccc(-c2sccc2C)cc1)C(C)(C)C. The predicted molar refractivity (Wildman–Crippen MR) is 134 cm³/mol. The fourth-order valence-corrected chi connectivity index (χ4v) is 5.49. The number of hydrogen-bond acceptors (Lipinski definition) is 6. The fourth-order valence-electron chi connectivity index (χ4n) is 4.55. The zero-order chi connectivity index (χ0) is 25.2. The van der Waals surface area contributed by atoms with E-state index in [0.717, 1.165) is 5.56 Å². The third-order valence-electron chi connectivity index (χ3n) is 6.33. The smallest absolute Gasteiger partial charge is 0.243 e. The van der Waals surface area contributed by atoms with Crippen molar-refractivity contribution in [1.29, 1.82) is 0 Å². The molecule has 1 aromatic heterocycles. The lowest BCUT2D eigenvalue weighted by Crippen LogP contribution is -2.56. The Balaban J connectivity index is 1.80. The average Bonchev–Trinajstić information content (AvgIpc) is 3.36. The zero-order valence-electron chi connectivity index (χ0n) is 20.7. The predicted octanol–water partition coefficient (Wildman–Crippen LogP) is 3.07. The second-order valence-electron chi connectivity index (χ2n) is 10.1. The van der Waals surface area contributed by atoms with Crippen LogP contribution in [0.1, 0.15) is 51.3 Å². The van der Waals surface area contributed by atoms with E-state index in [9.17, 15) is 19.5 Å². The first-order chi connectivity index (χ1) is 15.9. The minimum atomic E-state index is -0.837. The molecule has 0 saturated carbocycles. The average molecular weight is 486 g/mol. The van der Waals surface area contributed by atoms with Gasteiger partial charge in [-0.1, -0.05) is 45.0 Å². The summed E-state index contributed by atoms with van der Waals surface area (Å²) in [5.74, 6) is -0.874. The molecule has 1 fully saturated rings. The van der Waals surface area contributed by atoms with Gasteiger partial charge in [-0.25, -0.2) is 0 Å². The van der Waals surface area contributed by atoms with Crippen LogP contribution in [0.4, 0.5) is 0 Å². The van der Waals surface area contributed by atoms with E-state index in [1.165, 1.54) is 22.3 Å². The van der Waals surface area contributed by atoms with E-state index >= 15 is 0 Å². The van der Waals surface area contributed by atoms with Crippen molar-refractivity contribution in [3.8, 4) is 10.4 Å². The highest BCUT2D eigenvalue weighted by Crippen LogP contribution is 2.30. The van der Waals surface area contributed by atoms with Crippen molar-refractivity contribution in [2.75, 3.05) is 13.6 Å². The quantitative estimate of drug-likeness (QED) is 0.560. The normalized spacial score (nSPS) is 20.1. The maximum atomic E-state index is 13.3. The van der Waals surface area contributed by atoms with Crippen LogP contribution in [-0.2, 0) is 14.4 Å². The van der Waals surface area contributed by atoms with E-state index < -0.39 is 30.1 Å². The number of carbonyl (C=O) groups excluding carboxylic acids is 3. The summed E-state index contributed by atoms with van der Waals surface area (Å²) in [5, 5.41) is 18.2. The van der Waals surface area contributed by atoms with Gasteiger partial charge in [0, 0.05) is 17.8 Å². The van der Waals surface area contributed by atoms with E-state index in [0.29, 0.717) is 5.56 Å². The number of rotatable bonds is 7. The van der Waals surface area contributed by atoms with Gasteiger partial charge in [0.15, 0.2) is 5.78 Å². The van der Waals surface area contributed by atoms with Crippen LogP contribution in [0.5, 0.6) is 0 Å². The van der Waals surface area contributed by atoms with Gasteiger partial charge in [0.2, 0.25) is 11.8 Å². The van der Waals surface area contributed by atoms with E-state index in [1.54, 1.807) is 18.4 Å². The number of Topliss-reactive ketones (excluding diaryl/α,β-unsaturated/α-hetero) is 1. The van der Waals surface area contributed by atoms with E-state index in [1.807, 2.05) is 50.4 Å². The standard InChI is InChI=1S/C26H35N3O4S/c1-15-11-12-34-22(15)18-9-7-17(8-10-18)21(16(2)30)28-24(32)20-13-19(31)14-29(20)25(33)23(27-6)26(3,4)5/h7-12,19-21,23,27,31H,13-14H2,1-6H3,(H,28,32)/t19-,20+,21+,23-/m1/s1. The van der Waals surface area contributed by atoms with Gasteiger partial charge in [0.1, 0.15) is 12.1 Å². The molecule has 1 saturated heterocycles. The number of nitrogens with zero attached hydrogens (tertiary/aromatic N) is 1. The van der Waals surface area contributed by atoms with Crippen molar-refractivity contribution >= 4 is 28.9 Å². The number of aryl methyl sites for hydroxylation is 1. The summed E-state index contributed by atoms with van der Waals surface area (Å²) in [4.78, 5) is 41.6. The zero-order valence-corrected chi connectivity index (χ0v) is 21.5. The minimum Gasteiger partial charge on any atom is -0.391 e. The van der Waals surface area contributed by atoms with Gasteiger partial charge >= 0.3 is 0 Å². The molecule has 2 aromatic rings. The molecule has 2 heterocycles. The highest BCUT2D eigenvalue weighted by atomic mass is 32.1. The summed E-state index contributed by atoms with van der Waals surface area (Å²) in [6, 6.07) is 7.49. The molecule has 8 heteroatoms. The molecule has 0 unspecified atom stereocenters. The molecule has 0 aliphatic carbocycles. The fraction of sp³-hybridized carbons (Fsp3) is 0.500. The number of benzene rings is 1. The van der Waals surface area contributed by atoms with Gasteiger partial charge in [-0.3, -0.25) is 14.4 Å². The second kappa shape index (κ2) is 10.4. The first kappa shape index (κ1) is 26.1. The van der Waals surface area contributed by atoms with Crippen LogP contribution in [0, 0.1) is 12.3 Å². The molecule has 7 nitrogen and oxygen atoms in total. The summed E-state index contributed by atoms with van der Waals surface area (Å²) in [7, 11) is 1.71. The molecule has 1 aliphatic rings. The number of amides is 2. The number of ketones is 1. The molecule has 2 amide bonds. The Labute approximate surface area is 205 Å². The maximum absolute atomic E-state index is 13.3. The third-order valence-corrected chi connectivity index (χ3v) is 7.39. The van der Waals surface area contributed by atoms with Crippen molar-refractivity contribution in [2.24, 2.45) is 5.41 Å². The Hall–Kier alpha value is -2.55. The lowest BCUT2D eigenvalue weighted by Gasteiger charge is -2.35. The Morgan fingerprint density at radius 1 is 1.15 bits per heavy atom. The molecule has 3 N–H and O–H groups in total. The molecule has 0 radical (unpaired) electrons. The number of β-amino-alcohol motifs (C(OH)–C–C–N with tert-alkyl or cyclic N) is 1. The van der Waals surface area contributed by atoms with Crippen LogP contribution >= 0.6 is 11.3 Å². The molecule has 3 rings (SSSR count). The van der Waals surface area contributed by atoms with Gasteiger partial charge in [-0.05, 0) is 54.4 Å². The molecule has 34 heavy (non-hydrogen) atoms. The first-order valence-corrected chi connectivity index (χ1v) is 12.4. The number of nitrogens with one attached hydrogen (secondary N) is 2. The lowest BCUT2D eigenvalue weighted by molar-refractivity contribution is -0.142. The topological polar surface area (TPSA) is 98.7 Å². The maximum Gasteiger partial charge on any atom is 0.243 e. The van der Waals surface area contributed by atoms with Gasteiger partial charge in [-0.2, -0.15) is 0 Å². The van der Waals surface area contributed by atoms with E-state index in [-0.39, 0.29) is 30.1 Å². The number of likely N-dealkylation sites (N-methyl/N-ethyl adjacent to an activating group) is 1. The van der Waals surface area contributed by atoms with Crippen molar-refractivity contribution < 1.29 is 19.5 Å². The molecule has 184 valence electrons. The number of aliphatic hydroxyl groups excluding tert-OH is 1. The van der Waals surface area contributed by atoms with E-state index in [2.05, 4.69) is 23.6 Å². The molecule has 1 aromatic carbocycles. The van der Waals surface area contributed by atoms with Gasteiger partial charge in [0.25, 0.3) is 0 Å². The lowest BCUT2D eigenvalue weighted by atomic mass is 9.86. The van der Waals surface area contributed by atoms with Crippen LogP contribution in [-0.4, -0.2) is 59.4 Å². The van der Waals surface area contributed by atoms with Crippen molar-refractivity contribution in [3.05, 3.63) is 46.8 Å². The van der Waals surface area contributed by atoms with Gasteiger partial charge in [-0.15, -0.1) is 11.3 Å². The summed E-state index contributed by atoms with van der Waals surface area (Å²) >= 11 is 1.66. The first-order valence-electron chi connectivity index (χ1n) is 11.5. The largest absolute Gasteiger partial charge is 0.391 e. The highest BCUT2D eigenvalue weighted by Gasteiger charge is 2.44. The van der Waals surface area contributed by atoms with Crippen LogP contribution in [0.3, 0.4) is 0 Å². The molecule has 1 aliphatic heterocycles. The second-order valence-corrected chi connectivity index (χ2v) is 11.0. The number of aliphatic hydroxyl groups is 1. The number of carbonyl (C=O) groups is 3. The van der Waals surface area contributed by atoms with Crippen LogP contribution < -0.4 is 10.6 Å². The molecule has 4 atom stereocenters. The van der Waals surface area contributed by atoms with Crippen LogP contribution in [0.15, 0.2) is 35.7 Å². The third kappa shape index (κ3) is 5.56. The Morgan fingerprint density at radius 3 is 2.29 bits per heavy atom. The highest BCUT2D eigenvalue weighted by molar-refractivity contribution is 7.13. The van der Waals surface area contributed by atoms with Gasteiger partial charge in [0.05, 0.1) is 12.1 Å². The molecular formula is C26H35N3O4S. The van der Waals surface area contributed by atoms with Crippen LogP contribution in [0.2, 0.25) is 0 Å². The number of hydrogen-bond donors (Lipinski definition) is 3. The van der Waals surface area contributed by atoms with Crippen molar-refractivity contribution in [3.63, 3.8) is 0 Å².